The Balaban J connectivity index is 2.23. The maximum absolute atomic E-state index is 13.3. The Kier molecular flexibility index (Phi) is 5.04. The number of benzene rings is 2. The molecule has 0 aliphatic carbocycles. The van der Waals surface area contributed by atoms with E-state index in [1.165, 1.54) is 6.07 Å². The fourth-order valence-electron chi connectivity index (χ4n) is 2.45. The smallest absolute Gasteiger partial charge is 0.159 e. The third-order valence-corrected chi connectivity index (χ3v) is 3.66. The van der Waals surface area contributed by atoms with E-state index in [0.717, 1.165) is 17.7 Å². The molecule has 0 saturated heterocycles. The van der Waals surface area contributed by atoms with Gasteiger partial charge in [0.05, 0.1) is 13.2 Å². The van der Waals surface area contributed by atoms with Gasteiger partial charge in [-0.05, 0) is 36.1 Å². The molecular formula is C17H18F2O2. The highest BCUT2D eigenvalue weighted by atomic mass is 19.2. The first-order valence-corrected chi connectivity index (χ1v) is 6.78. The van der Waals surface area contributed by atoms with Gasteiger partial charge in [0.1, 0.15) is 0 Å². The van der Waals surface area contributed by atoms with Gasteiger partial charge in [-0.15, -0.1) is 0 Å². The van der Waals surface area contributed by atoms with Crippen molar-refractivity contribution >= 4 is 0 Å². The van der Waals surface area contributed by atoms with Crippen LogP contribution in [0.2, 0.25) is 0 Å². The Morgan fingerprint density at radius 1 is 0.762 bits per heavy atom. The molecule has 0 saturated carbocycles. The summed E-state index contributed by atoms with van der Waals surface area (Å²) in [7, 11) is 0. The number of halogens is 2. The Hall–Kier alpha value is -1.78. The van der Waals surface area contributed by atoms with E-state index in [2.05, 4.69) is 0 Å². The zero-order valence-corrected chi connectivity index (χ0v) is 11.6. The molecule has 21 heavy (non-hydrogen) atoms. The summed E-state index contributed by atoms with van der Waals surface area (Å²) in [6.07, 6.45) is 0.728. The zero-order chi connectivity index (χ0) is 15.3. The lowest BCUT2D eigenvalue weighted by Crippen LogP contribution is -2.35. The van der Waals surface area contributed by atoms with Crippen LogP contribution in [0.15, 0.2) is 48.5 Å². The summed E-state index contributed by atoms with van der Waals surface area (Å²) in [5, 5.41) is 19.4. The van der Waals surface area contributed by atoms with Gasteiger partial charge in [-0.2, -0.15) is 0 Å². The summed E-state index contributed by atoms with van der Waals surface area (Å²) in [6.45, 7) is -0.477. The average molecular weight is 292 g/mol. The van der Waals surface area contributed by atoms with Crippen molar-refractivity contribution in [3.8, 4) is 0 Å². The van der Waals surface area contributed by atoms with Crippen LogP contribution in [0.25, 0.3) is 0 Å². The Morgan fingerprint density at radius 2 is 1.38 bits per heavy atom. The number of aliphatic hydroxyl groups excluding tert-OH is 2. The van der Waals surface area contributed by atoms with Crippen molar-refractivity contribution in [3.63, 3.8) is 0 Å². The van der Waals surface area contributed by atoms with E-state index in [4.69, 9.17) is 0 Å². The van der Waals surface area contributed by atoms with E-state index in [1.54, 1.807) is 0 Å². The number of rotatable bonds is 6. The van der Waals surface area contributed by atoms with Gasteiger partial charge in [0.2, 0.25) is 0 Å². The second-order valence-corrected chi connectivity index (χ2v) is 5.40. The second kappa shape index (κ2) is 6.78. The molecule has 0 atom stereocenters. The predicted molar refractivity (Wildman–Crippen MR) is 76.8 cm³/mol. The third-order valence-electron chi connectivity index (χ3n) is 3.66. The summed E-state index contributed by atoms with van der Waals surface area (Å²) < 4.78 is 26.3. The molecule has 0 unspecified atom stereocenters. The fourth-order valence-corrected chi connectivity index (χ4v) is 2.45. The first kappa shape index (κ1) is 15.6. The lowest BCUT2D eigenvalue weighted by molar-refractivity contribution is 0.0547. The van der Waals surface area contributed by atoms with Gasteiger partial charge in [-0.3, -0.25) is 0 Å². The molecule has 2 aromatic rings. The standard InChI is InChI=1S/C17H18F2O2/c18-15-7-6-14(8-16(15)19)10-17(11-20,12-21)9-13-4-2-1-3-5-13/h1-8,20-21H,9-12H2. The molecular weight excluding hydrogens is 274 g/mol. The third kappa shape index (κ3) is 3.86. The maximum atomic E-state index is 13.3. The van der Waals surface area contributed by atoms with Crippen molar-refractivity contribution in [2.24, 2.45) is 5.41 Å². The maximum Gasteiger partial charge on any atom is 0.159 e. The SMILES string of the molecule is OCC(CO)(Cc1ccccc1)Cc1ccc(F)c(F)c1. The van der Waals surface area contributed by atoms with Crippen LogP contribution < -0.4 is 0 Å². The van der Waals surface area contributed by atoms with E-state index < -0.39 is 17.0 Å². The van der Waals surface area contributed by atoms with E-state index in [0.29, 0.717) is 12.0 Å². The largest absolute Gasteiger partial charge is 0.396 e. The van der Waals surface area contributed by atoms with Crippen LogP contribution in [-0.2, 0) is 12.8 Å². The van der Waals surface area contributed by atoms with E-state index in [-0.39, 0.29) is 19.6 Å². The Bertz CT molecular complexity index is 581. The zero-order valence-electron chi connectivity index (χ0n) is 11.6. The van der Waals surface area contributed by atoms with Crippen LogP contribution in [0.1, 0.15) is 11.1 Å². The second-order valence-electron chi connectivity index (χ2n) is 5.40. The first-order chi connectivity index (χ1) is 10.1. The molecule has 2 rings (SSSR count). The van der Waals surface area contributed by atoms with Crippen molar-refractivity contribution < 1.29 is 19.0 Å². The highest BCUT2D eigenvalue weighted by molar-refractivity contribution is 5.22. The van der Waals surface area contributed by atoms with Crippen molar-refractivity contribution in [3.05, 3.63) is 71.3 Å². The van der Waals surface area contributed by atoms with Crippen LogP contribution in [0.5, 0.6) is 0 Å². The highest BCUT2D eigenvalue weighted by Gasteiger charge is 2.29. The van der Waals surface area contributed by atoms with Crippen LogP contribution in [0, 0.1) is 17.0 Å². The van der Waals surface area contributed by atoms with Crippen LogP contribution in [0.4, 0.5) is 8.78 Å². The molecule has 0 spiro atoms. The van der Waals surface area contributed by atoms with Crippen molar-refractivity contribution in [2.45, 2.75) is 12.8 Å². The quantitative estimate of drug-likeness (QED) is 0.859. The molecule has 2 aromatic carbocycles. The summed E-state index contributed by atoms with van der Waals surface area (Å²) in [6, 6.07) is 13.1. The molecule has 2 nitrogen and oxygen atoms in total. The van der Waals surface area contributed by atoms with Gasteiger partial charge in [-0.25, -0.2) is 8.78 Å². The lowest BCUT2D eigenvalue weighted by Gasteiger charge is -2.30. The van der Waals surface area contributed by atoms with Gasteiger partial charge < -0.3 is 10.2 Å². The molecule has 0 aliphatic heterocycles. The summed E-state index contributed by atoms with van der Waals surface area (Å²) in [5.41, 5.74) is 0.724. The monoisotopic (exact) mass is 292 g/mol. The molecule has 112 valence electrons. The Morgan fingerprint density at radius 3 is 1.95 bits per heavy atom. The number of hydrogen-bond donors (Lipinski definition) is 2. The van der Waals surface area contributed by atoms with Crippen LogP contribution in [0.3, 0.4) is 0 Å². The minimum atomic E-state index is -0.919. The van der Waals surface area contributed by atoms with Gasteiger partial charge in [-0.1, -0.05) is 36.4 Å². The van der Waals surface area contributed by atoms with Gasteiger partial charge in [0, 0.05) is 5.41 Å². The van der Waals surface area contributed by atoms with Gasteiger partial charge >= 0.3 is 0 Å². The van der Waals surface area contributed by atoms with Crippen LogP contribution >= 0.6 is 0 Å². The average Bonchev–Trinajstić information content (AvgIpc) is 2.51. The lowest BCUT2D eigenvalue weighted by atomic mass is 9.78. The van der Waals surface area contributed by atoms with Crippen molar-refractivity contribution in [2.75, 3.05) is 13.2 Å². The Labute approximate surface area is 122 Å². The number of aliphatic hydroxyl groups is 2. The minimum Gasteiger partial charge on any atom is -0.396 e. The molecule has 0 radical (unpaired) electrons. The molecule has 0 bridgehead atoms. The highest BCUT2D eigenvalue weighted by Crippen LogP contribution is 2.28. The fraction of sp³-hybridized carbons (Fsp3) is 0.294. The van der Waals surface area contributed by atoms with Crippen LogP contribution in [-0.4, -0.2) is 23.4 Å². The summed E-state index contributed by atoms with van der Waals surface area (Å²) in [4.78, 5) is 0. The molecule has 0 aromatic heterocycles. The molecule has 0 heterocycles. The molecule has 2 N–H and O–H groups in total. The van der Waals surface area contributed by atoms with Gasteiger partial charge in [0.25, 0.3) is 0 Å². The summed E-state index contributed by atoms with van der Waals surface area (Å²) >= 11 is 0. The first-order valence-electron chi connectivity index (χ1n) is 6.78. The topological polar surface area (TPSA) is 40.5 Å². The summed E-state index contributed by atoms with van der Waals surface area (Å²) in [5.74, 6) is -1.82. The van der Waals surface area contributed by atoms with Gasteiger partial charge in [0.15, 0.2) is 11.6 Å². The van der Waals surface area contributed by atoms with E-state index in [1.807, 2.05) is 30.3 Å². The predicted octanol–water partition coefficient (Wildman–Crippen LogP) is 2.72. The molecule has 0 fully saturated rings. The minimum absolute atomic E-state index is 0.239. The normalized spacial score (nSPS) is 11.6. The van der Waals surface area contributed by atoms with Crippen molar-refractivity contribution in [1.29, 1.82) is 0 Å². The van der Waals surface area contributed by atoms with Crippen molar-refractivity contribution in [1.82, 2.24) is 0 Å². The van der Waals surface area contributed by atoms with E-state index >= 15 is 0 Å². The molecule has 0 aliphatic rings. The molecule has 4 heteroatoms. The van der Waals surface area contributed by atoms with E-state index in [9.17, 15) is 19.0 Å². The number of hydrogen-bond acceptors (Lipinski definition) is 2. The molecule has 0 amide bonds.